The highest BCUT2D eigenvalue weighted by Crippen LogP contribution is 2.25. The average Bonchev–Trinajstić information content (AvgIpc) is 2.72. The largest absolute Gasteiger partial charge is 0.287 e. The number of fused-ring (bicyclic) bond motifs is 1. The summed E-state index contributed by atoms with van der Waals surface area (Å²) in [7, 11) is 0. The van der Waals surface area contributed by atoms with Crippen molar-refractivity contribution in [3.8, 4) is 0 Å². The van der Waals surface area contributed by atoms with Gasteiger partial charge in [-0.3, -0.25) is 9.36 Å². The molecule has 0 atom stereocenters. The highest BCUT2D eigenvalue weighted by molar-refractivity contribution is 9.10. The Bertz CT molecular complexity index is 1070. The van der Waals surface area contributed by atoms with E-state index in [1.807, 2.05) is 41.0 Å². The third-order valence-corrected chi connectivity index (χ3v) is 6.67. The van der Waals surface area contributed by atoms with Gasteiger partial charge in [-0.25, -0.2) is 4.98 Å². The second-order valence-corrected chi connectivity index (χ2v) is 9.00. The topological polar surface area (TPSA) is 34.9 Å². The number of halogens is 1. The molecule has 5 heteroatoms. The maximum absolute atomic E-state index is 13.2. The van der Waals surface area contributed by atoms with Gasteiger partial charge in [0, 0.05) is 16.8 Å². The Morgan fingerprint density at radius 2 is 2.00 bits per heavy atom. The number of aromatic nitrogens is 2. The van der Waals surface area contributed by atoms with E-state index in [1.165, 1.54) is 30.4 Å². The highest BCUT2D eigenvalue weighted by atomic mass is 79.9. The lowest BCUT2D eigenvalue weighted by molar-refractivity contribution is 0.569. The van der Waals surface area contributed by atoms with Gasteiger partial charge in [0.2, 0.25) is 0 Å². The molecule has 0 fully saturated rings. The van der Waals surface area contributed by atoms with Gasteiger partial charge in [-0.2, -0.15) is 0 Å². The fourth-order valence-corrected chi connectivity index (χ4v) is 5.03. The van der Waals surface area contributed by atoms with E-state index in [1.54, 1.807) is 11.8 Å². The zero-order valence-electron chi connectivity index (χ0n) is 15.7. The summed E-state index contributed by atoms with van der Waals surface area (Å²) in [6.07, 6.45) is 8.18. The molecule has 2 aromatic carbocycles. The third kappa shape index (κ3) is 4.58. The molecular formula is C23H23BrN2OS. The standard InChI is InChI=1S/C23H23BrN2OS/c24-19-10-6-9-18(15-19)16-28-23-25-21-12-5-4-11-20(21)22(27)26(23)14-13-17-7-2-1-3-8-17/h4-7,9-12,15H,1-3,8,13-14,16H2. The molecule has 0 N–H and O–H groups in total. The van der Waals surface area contributed by atoms with Gasteiger partial charge in [0.1, 0.15) is 0 Å². The Morgan fingerprint density at radius 3 is 2.82 bits per heavy atom. The third-order valence-electron chi connectivity index (χ3n) is 5.13. The van der Waals surface area contributed by atoms with Gasteiger partial charge in [0.25, 0.3) is 5.56 Å². The molecule has 4 rings (SSSR count). The molecule has 1 aliphatic rings. The van der Waals surface area contributed by atoms with Crippen LogP contribution in [0.3, 0.4) is 0 Å². The van der Waals surface area contributed by atoms with Crippen molar-refractivity contribution in [1.82, 2.24) is 9.55 Å². The first-order valence-corrected chi connectivity index (χ1v) is 11.5. The van der Waals surface area contributed by atoms with Crippen molar-refractivity contribution in [3.05, 3.63) is 80.6 Å². The van der Waals surface area contributed by atoms with E-state index in [0.29, 0.717) is 11.9 Å². The van der Waals surface area contributed by atoms with Crippen LogP contribution in [0.4, 0.5) is 0 Å². The van der Waals surface area contributed by atoms with Gasteiger partial charge >= 0.3 is 0 Å². The second kappa shape index (κ2) is 9.10. The lowest BCUT2D eigenvalue weighted by Gasteiger charge is -2.16. The number of thioether (sulfide) groups is 1. The molecule has 1 aliphatic carbocycles. The molecular weight excluding hydrogens is 432 g/mol. The maximum Gasteiger partial charge on any atom is 0.262 e. The Balaban J connectivity index is 1.64. The zero-order valence-corrected chi connectivity index (χ0v) is 18.1. The summed E-state index contributed by atoms with van der Waals surface area (Å²) in [6.45, 7) is 0.698. The Morgan fingerprint density at radius 1 is 1.11 bits per heavy atom. The Kier molecular flexibility index (Phi) is 6.33. The molecule has 3 aromatic rings. The molecule has 0 aliphatic heterocycles. The molecule has 0 saturated heterocycles. The molecule has 1 heterocycles. The summed E-state index contributed by atoms with van der Waals surface area (Å²) in [6, 6.07) is 15.9. The van der Waals surface area contributed by atoms with Crippen LogP contribution in [0.15, 0.2) is 74.6 Å². The van der Waals surface area contributed by atoms with Crippen LogP contribution in [0.2, 0.25) is 0 Å². The van der Waals surface area contributed by atoms with E-state index in [4.69, 9.17) is 4.98 Å². The first kappa shape index (κ1) is 19.5. The molecule has 28 heavy (non-hydrogen) atoms. The number of nitrogens with zero attached hydrogens (tertiary/aromatic N) is 2. The quantitative estimate of drug-likeness (QED) is 0.247. The maximum atomic E-state index is 13.2. The molecule has 0 bridgehead atoms. The molecule has 0 radical (unpaired) electrons. The Hall–Kier alpha value is -1.85. The van der Waals surface area contributed by atoms with Crippen molar-refractivity contribution in [2.45, 2.75) is 49.6 Å². The van der Waals surface area contributed by atoms with Crippen LogP contribution in [0, 0.1) is 0 Å². The first-order chi connectivity index (χ1) is 13.7. The predicted molar refractivity (Wildman–Crippen MR) is 121 cm³/mol. The smallest absolute Gasteiger partial charge is 0.262 e. The fraction of sp³-hybridized carbons (Fsp3) is 0.304. The van der Waals surface area contributed by atoms with Gasteiger partial charge in [-0.15, -0.1) is 0 Å². The summed E-state index contributed by atoms with van der Waals surface area (Å²) < 4.78 is 2.94. The van der Waals surface area contributed by atoms with Crippen molar-refractivity contribution >= 4 is 38.6 Å². The SMILES string of the molecule is O=c1c2ccccc2nc(SCc2cccc(Br)c2)n1CCC1=CCCCC1. The monoisotopic (exact) mass is 454 g/mol. The van der Waals surface area contributed by atoms with Gasteiger partial charge in [0.05, 0.1) is 10.9 Å². The summed E-state index contributed by atoms with van der Waals surface area (Å²) >= 11 is 5.17. The molecule has 0 saturated carbocycles. The fourth-order valence-electron chi connectivity index (χ4n) is 3.62. The minimum absolute atomic E-state index is 0.0683. The molecule has 0 amide bonds. The van der Waals surface area contributed by atoms with Gasteiger partial charge in [-0.1, -0.05) is 63.6 Å². The summed E-state index contributed by atoms with van der Waals surface area (Å²) in [5.74, 6) is 0.785. The first-order valence-electron chi connectivity index (χ1n) is 9.75. The van der Waals surface area contributed by atoms with Gasteiger partial charge in [0.15, 0.2) is 5.16 Å². The van der Waals surface area contributed by atoms with E-state index >= 15 is 0 Å². The number of hydrogen-bond acceptors (Lipinski definition) is 3. The summed E-state index contributed by atoms with van der Waals surface area (Å²) in [4.78, 5) is 18.0. The van der Waals surface area contributed by atoms with E-state index in [9.17, 15) is 4.79 Å². The van der Waals surface area contributed by atoms with Crippen molar-refractivity contribution < 1.29 is 0 Å². The van der Waals surface area contributed by atoms with Crippen LogP contribution < -0.4 is 5.56 Å². The van der Waals surface area contributed by atoms with Crippen molar-refractivity contribution in [2.24, 2.45) is 0 Å². The second-order valence-electron chi connectivity index (χ2n) is 7.15. The average molecular weight is 455 g/mol. The van der Waals surface area contributed by atoms with Gasteiger partial charge in [-0.05, 0) is 61.9 Å². The normalized spacial score (nSPS) is 14.2. The van der Waals surface area contributed by atoms with Crippen LogP contribution in [0.25, 0.3) is 10.9 Å². The summed E-state index contributed by atoms with van der Waals surface area (Å²) in [5.41, 5.74) is 3.54. The molecule has 0 unspecified atom stereocenters. The lowest BCUT2D eigenvalue weighted by atomic mass is 9.97. The number of rotatable bonds is 6. The van der Waals surface area contributed by atoms with Crippen LogP contribution in [0.1, 0.15) is 37.7 Å². The molecule has 0 spiro atoms. The van der Waals surface area contributed by atoms with Crippen LogP contribution in [0.5, 0.6) is 0 Å². The van der Waals surface area contributed by atoms with E-state index < -0.39 is 0 Å². The molecule has 1 aromatic heterocycles. The molecule has 3 nitrogen and oxygen atoms in total. The van der Waals surface area contributed by atoms with Crippen molar-refractivity contribution in [2.75, 3.05) is 0 Å². The number of para-hydroxylation sites is 1. The van der Waals surface area contributed by atoms with E-state index in [0.717, 1.165) is 33.7 Å². The highest BCUT2D eigenvalue weighted by Gasteiger charge is 2.13. The number of hydrogen-bond donors (Lipinski definition) is 0. The lowest BCUT2D eigenvalue weighted by Crippen LogP contribution is -2.23. The predicted octanol–water partition coefficient (Wildman–Crippen LogP) is 6.34. The van der Waals surface area contributed by atoms with Crippen molar-refractivity contribution in [1.29, 1.82) is 0 Å². The van der Waals surface area contributed by atoms with Crippen LogP contribution in [-0.4, -0.2) is 9.55 Å². The summed E-state index contributed by atoms with van der Waals surface area (Å²) in [5, 5.41) is 1.51. The zero-order chi connectivity index (χ0) is 19.3. The van der Waals surface area contributed by atoms with Crippen LogP contribution >= 0.6 is 27.7 Å². The van der Waals surface area contributed by atoms with E-state index in [2.05, 4.69) is 34.1 Å². The van der Waals surface area contributed by atoms with Gasteiger partial charge < -0.3 is 0 Å². The van der Waals surface area contributed by atoms with Crippen LogP contribution in [-0.2, 0) is 12.3 Å². The number of allylic oxidation sites excluding steroid dienone is 2. The minimum atomic E-state index is 0.0683. The van der Waals surface area contributed by atoms with Crippen molar-refractivity contribution in [3.63, 3.8) is 0 Å². The Labute approximate surface area is 178 Å². The van der Waals surface area contributed by atoms with E-state index in [-0.39, 0.29) is 5.56 Å². The minimum Gasteiger partial charge on any atom is -0.287 e. The molecule has 144 valence electrons. The number of benzene rings is 2.